The normalized spacial score (nSPS) is 12.0. The second kappa shape index (κ2) is 6.41. The average Bonchev–Trinajstić information content (AvgIpc) is 2.39. The SMILES string of the molecule is CC(Oc1cc(Cl)cc(Cl)c1)C(=O)c1ccc(F)c(F)c1. The van der Waals surface area contributed by atoms with Crippen LogP contribution in [0, 0.1) is 11.6 Å². The van der Waals surface area contributed by atoms with Gasteiger partial charge in [-0.05, 0) is 43.3 Å². The van der Waals surface area contributed by atoms with Gasteiger partial charge in [-0.15, -0.1) is 0 Å². The maximum atomic E-state index is 13.1. The molecule has 0 amide bonds. The van der Waals surface area contributed by atoms with Crippen LogP contribution in [-0.4, -0.2) is 11.9 Å². The van der Waals surface area contributed by atoms with Crippen LogP contribution in [0.25, 0.3) is 0 Å². The molecule has 1 unspecified atom stereocenters. The molecule has 1 atom stereocenters. The lowest BCUT2D eigenvalue weighted by Gasteiger charge is -2.14. The highest BCUT2D eigenvalue weighted by Gasteiger charge is 2.19. The number of halogens is 4. The van der Waals surface area contributed by atoms with Gasteiger partial charge in [0.05, 0.1) is 0 Å². The summed E-state index contributed by atoms with van der Waals surface area (Å²) in [7, 11) is 0. The summed E-state index contributed by atoms with van der Waals surface area (Å²) in [5, 5.41) is 0.731. The van der Waals surface area contributed by atoms with Crippen LogP contribution in [0.1, 0.15) is 17.3 Å². The second-order valence-electron chi connectivity index (χ2n) is 4.36. The molecule has 0 spiro atoms. The first kappa shape index (κ1) is 15.7. The third-order valence-electron chi connectivity index (χ3n) is 2.72. The van der Waals surface area contributed by atoms with E-state index in [1.54, 1.807) is 0 Å². The van der Waals surface area contributed by atoms with Crippen molar-refractivity contribution in [3.8, 4) is 5.75 Å². The first-order valence-corrected chi connectivity index (χ1v) is 6.74. The molecule has 0 aromatic heterocycles. The Hall–Kier alpha value is -1.65. The lowest BCUT2D eigenvalue weighted by molar-refractivity contribution is 0.0817. The molecule has 110 valence electrons. The lowest BCUT2D eigenvalue weighted by atomic mass is 10.1. The largest absolute Gasteiger partial charge is 0.482 e. The van der Waals surface area contributed by atoms with Gasteiger partial charge in [-0.2, -0.15) is 0 Å². The van der Waals surface area contributed by atoms with Gasteiger partial charge in [-0.25, -0.2) is 8.78 Å². The minimum absolute atomic E-state index is 0.0227. The van der Waals surface area contributed by atoms with Crippen molar-refractivity contribution in [1.29, 1.82) is 0 Å². The van der Waals surface area contributed by atoms with Gasteiger partial charge in [-0.3, -0.25) is 4.79 Å². The molecule has 0 aliphatic rings. The number of ketones is 1. The number of benzene rings is 2. The van der Waals surface area contributed by atoms with Gasteiger partial charge in [0.15, 0.2) is 17.7 Å². The molecule has 0 N–H and O–H groups in total. The number of hydrogen-bond donors (Lipinski definition) is 0. The maximum Gasteiger partial charge on any atom is 0.203 e. The Morgan fingerprint density at radius 1 is 1.05 bits per heavy atom. The van der Waals surface area contributed by atoms with E-state index in [0.717, 1.165) is 12.1 Å². The Morgan fingerprint density at radius 3 is 2.24 bits per heavy atom. The van der Waals surface area contributed by atoms with Crippen molar-refractivity contribution in [2.24, 2.45) is 0 Å². The van der Waals surface area contributed by atoms with Crippen molar-refractivity contribution in [3.63, 3.8) is 0 Å². The van der Waals surface area contributed by atoms with Crippen LogP contribution in [0.2, 0.25) is 10.0 Å². The standard InChI is InChI=1S/C15H10Cl2F2O2/c1-8(21-12-6-10(16)5-11(17)7-12)15(20)9-2-3-13(18)14(19)4-9/h2-8H,1H3. The molecule has 0 radical (unpaired) electrons. The highest BCUT2D eigenvalue weighted by Crippen LogP contribution is 2.25. The number of carbonyl (C=O) groups is 1. The molecule has 0 saturated carbocycles. The summed E-state index contributed by atoms with van der Waals surface area (Å²) in [4.78, 5) is 12.1. The molecule has 0 aliphatic heterocycles. The topological polar surface area (TPSA) is 26.3 Å². The van der Waals surface area contributed by atoms with E-state index >= 15 is 0 Å². The molecule has 2 rings (SSSR count). The van der Waals surface area contributed by atoms with E-state index in [4.69, 9.17) is 27.9 Å². The molecule has 0 bridgehead atoms. The molecule has 2 aromatic carbocycles. The zero-order valence-corrected chi connectivity index (χ0v) is 12.4. The summed E-state index contributed by atoms with van der Waals surface area (Å²) in [6.45, 7) is 1.50. The first-order valence-electron chi connectivity index (χ1n) is 5.99. The van der Waals surface area contributed by atoms with E-state index in [1.165, 1.54) is 31.2 Å². The summed E-state index contributed by atoms with van der Waals surface area (Å²) in [6.07, 6.45) is -0.899. The van der Waals surface area contributed by atoms with E-state index in [2.05, 4.69) is 0 Å². The fraction of sp³-hybridized carbons (Fsp3) is 0.133. The van der Waals surface area contributed by atoms with Crippen molar-refractivity contribution in [2.45, 2.75) is 13.0 Å². The van der Waals surface area contributed by atoms with Gasteiger partial charge in [0.25, 0.3) is 0 Å². The smallest absolute Gasteiger partial charge is 0.203 e. The summed E-state index contributed by atoms with van der Waals surface area (Å²) in [6, 6.07) is 7.46. The van der Waals surface area contributed by atoms with Gasteiger partial charge in [0.2, 0.25) is 5.78 Å². The third-order valence-corrected chi connectivity index (χ3v) is 3.16. The van der Waals surface area contributed by atoms with E-state index in [9.17, 15) is 13.6 Å². The van der Waals surface area contributed by atoms with Gasteiger partial charge in [0, 0.05) is 15.6 Å². The minimum Gasteiger partial charge on any atom is -0.482 e. The molecular formula is C15H10Cl2F2O2. The summed E-state index contributed by atoms with van der Waals surface area (Å²) in [5.74, 6) is -2.26. The van der Waals surface area contributed by atoms with Crippen molar-refractivity contribution >= 4 is 29.0 Å². The summed E-state index contributed by atoms with van der Waals surface area (Å²) < 4.78 is 31.4. The molecule has 0 fully saturated rings. The van der Waals surface area contributed by atoms with E-state index in [0.29, 0.717) is 15.8 Å². The second-order valence-corrected chi connectivity index (χ2v) is 5.23. The van der Waals surface area contributed by atoms with E-state index in [1.807, 2.05) is 0 Å². The zero-order valence-electron chi connectivity index (χ0n) is 10.9. The van der Waals surface area contributed by atoms with Crippen LogP contribution >= 0.6 is 23.2 Å². The van der Waals surface area contributed by atoms with E-state index in [-0.39, 0.29) is 5.56 Å². The van der Waals surface area contributed by atoms with E-state index < -0.39 is 23.5 Å². The number of ether oxygens (including phenoxy) is 1. The summed E-state index contributed by atoms with van der Waals surface area (Å²) >= 11 is 11.7. The number of hydrogen-bond acceptors (Lipinski definition) is 2. The fourth-order valence-electron chi connectivity index (χ4n) is 1.74. The minimum atomic E-state index is -1.08. The predicted octanol–water partition coefficient (Wildman–Crippen LogP) is 4.92. The molecule has 6 heteroatoms. The van der Waals surface area contributed by atoms with Crippen molar-refractivity contribution in [2.75, 3.05) is 0 Å². The molecule has 2 aromatic rings. The molecule has 21 heavy (non-hydrogen) atoms. The Balaban J connectivity index is 2.17. The highest BCUT2D eigenvalue weighted by molar-refractivity contribution is 6.34. The lowest BCUT2D eigenvalue weighted by Crippen LogP contribution is -2.24. The van der Waals surface area contributed by atoms with Crippen LogP contribution < -0.4 is 4.74 Å². The van der Waals surface area contributed by atoms with Crippen LogP contribution in [0.5, 0.6) is 5.75 Å². The maximum absolute atomic E-state index is 13.1. The number of carbonyl (C=O) groups excluding carboxylic acids is 1. The summed E-state index contributed by atoms with van der Waals surface area (Å²) in [5.41, 5.74) is 0.0227. The Kier molecular flexibility index (Phi) is 4.80. The molecule has 0 aliphatic carbocycles. The van der Waals surface area contributed by atoms with Crippen molar-refractivity contribution < 1.29 is 18.3 Å². The number of rotatable bonds is 4. The zero-order chi connectivity index (χ0) is 15.6. The Morgan fingerprint density at radius 2 is 1.67 bits per heavy atom. The molecule has 0 saturated heterocycles. The molecular weight excluding hydrogens is 321 g/mol. The highest BCUT2D eigenvalue weighted by atomic mass is 35.5. The number of Topliss-reactive ketones (excluding diaryl/α,β-unsaturated/α-hetero) is 1. The Bertz CT molecular complexity index is 669. The van der Waals surface area contributed by atoms with Crippen molar-refractivity contribution in [1.82, 2.24) is 0 Å². The quantitative estimate of drug-likeness (QED) is 0.743. The van der Waals surface area contributed by atoms with Crippen LogP contribution in [0.3, 0.4) is 0 Å². The van der Waals surface area contributed by atoms with Crippen LogP contribution in [-0.2, 0) is 0 Å². The molecule has 0 heterocycles. The van der Waals surface area contributed by atoms with Gasteiger partial charge in [-0.1, -0.05) is 23.2 Å². The van der Waals surface area contributed by atoms with Gasteiger partial charge >= 0.3 is 0 Å². The molecule has 2 nitrogen and oxygen atoms in total. The average molecular weight is 331 g/mol. The fourth-order valence-corrected chi connectivity index (χ4v) is 2.24. The third kappa shape index (κ3) is 3.93. The van der Waals surface area contributed by atoms with Gasteiger partial charge in [0.1, 0.15) is 5.75 Å². The van der Waals surface area contributed by atoms with Crippen molar-refractivity contribution in [3.05, 3.63) is 63.6 Å². The predicted molar refractivity (Wildman–Crippen MR) is 77.2 cm³/mol. The monoisotopic (exact) mass is 330 g/mol. The first-order chi connectivity index (χ1) is 9.86. The Labute approximate surface area is 130 Å². The van der Waals surface area contributed by atoms with Gasteiger partial charge < -0.3 is 4.74 Å². The van der Waals surface area contributed by atoms with Crippen LogP contribution in [0.15, 0.2) is 36.4 Å². The van der Waals surface area contributed by atoms with Crippen LogP contribution in [0.4, 0.5) is 8.78 Å².